The van der Waals surface area contributed by atoms with Gasteiger partial charge in [0.1, 0.15) is 24.2 Å². The van der Waals surface area contributed by atoms with E-state index in [1.807, 2.05) is 12.1 Å². The summed E-state index contributed by atoms with van der Waals surface area (Å²) in [6.45, 7) is 5.87. The third-order valence-electron chi connectivity index (χ3n) is 5.96. The van der Waals surface area contributed by atoms with Crippen LogP contribution in [-0.2, 0) is 6.54 Å². The van der Waals surface area contributed by atoms with Crippen LogP contribution >= 0.6 is 0 Å². The summed E-state index contributed by atoms with van der Waals surface area (Å²) in [4.78, 5) is 4.63. The molecule has 6 heteroatoms. The molecule has 3 rings (SSSR count). The highest BCUT2D eigenvalue weighted by Crippen LogP contribution is 2.26. The van der Waals surface area contributed by atoms with E-state index in [0.29, 0.717) is 19.2 Å². The Balaban J connectivity index is 1.51. The minimum atomic E-state index is -0.492. The maximum Gasteiger partial charge on any atom is 0.127 e. The molecule has 28 heavy (non-hydrogen) atoms. The number of nitrogens with zero attached hydrogens (tertiary/aromatic N) is 2. The molecule has 2 N–H and O–H groups in total. The van der Waals surface area contributed by atoms with Crippen LogP contribution in [0.3, 0.4) is 0 Å². The van der Waals surface area contributed by atoms with Gasteiger partial charge in [0.25, 0.3) is 0 Å². The van der Waals surface area contributed by atoms with Crippen LogP contribution in [0.4, 0.5) is 0 Å². The number of hydrogen-bond donors (Lipinski definition) is 2. The number of aliphatic hydroxyl groups is 1. The summed E-state index contributed by atoms with van der Waals surface area (Å²) in [6.07, 6.45) is 6.03. The summed E-state index contributed by atoms with van der Waals surface area (Å²) >= 11 is 0. The molecule has 1 aromatic rings. The Labute approximate surface area is 169 Å². The van der Waals surface area contributed by atoms with Gasteiger partial charge in [-0.15, -0.1) is 0 Å². The quantitative estimate of drug-likeness (QED) is 0.672. The second-order valence-electron chi connectivity index (χ2n) is 8.26. The Bertz CT molecular complexity index is 584. The Kier molecular flexibility index (Phi) is 8.40. The number of β-amino-alcohol motifs (C(OH)–C–C–N with tert-alkyl or cyclic N) is 1. The fraction of sp³-hybridized carbons (Fsp3) is 0.727. The van der Waals surface area contributed by atoms with Crippen molar-refractivity contribution in [3.8, 4) is 11.5 Å². The van der Waals surface area contributed by atoms with Crippen LogP contribution in [0, 0.1) is 0 Å². The molecule has 1 unspecified atom stereocenters. The van der Waals surface area contributed by atoms with Crippen molar-refractivity contribution in [2.24, 2.45) is 0 Å². The van der Waals surface area contributed by atoms with Crippen molar-refractivity contribution in [1.82, 2.24) is 15.1 Å². The van der Waals surface area contributed by atoms with Crippen molar-refractivity contribution in [3.05, 3.63) is 23.8 Å². The average Bonchev–Trinajstić information content (AvgIpc) is 2.73. The van der Waals surface area contributed by atoms with E-state index >= 15 is 0 Å². The first-order chi connectivity index (χ1) is 13.6. The first-order valence-corrected chi connectivity index (χ1v) is 10.8. The van der Waals surface area contributed by atoms with Crippen molar-refractivity contribution in [3.63, 3.8) is 0 Å². The zero-order valence-electron chi connectivity index (χ0n) is 17.5. The van der Waals surface area contributed by atoms with Crippen molar-refractivity contribution < 1.29 is 14.6 Å². The Hall–Kier alpha value is -1.34. The number of piperazine rings is 1. The highest BCUT2D eigenvalue weighted by molar-refractivity contribution is 5.40. The fourth-order valence-electron chi connectivity index (χ4n) is 4.07. The summed E-state index contributed by atoms with van der Waals surface area (Å²) in [6, 6.07) is 6.58. The molecule has 0 spiro atoms. The first kappa shape index (κ1) is 21.4. The molecule has 1 saturated heterocycles. The second-order valence-corrected chi connectivity index (χ2v) is 8.26. The van der Waals surface area contributed by atoms with Crippen LogP contribution in [0.25, 0.3) is 0 Å². The number of methoxy groups -OCH3 is 1. The summed E-state index contributed by atoms with van der Waals surface area (Å²) in [7, 11) is 3.81. The van der Waals surface area contributed by atoms with Crippen LogP contribution in [0.2, 0.25) is 0 Å². The molecule has 1 aliphatic carbocycles. The maximum atomic E-state index is 10.5. The van der Waals surface area contributed by atoms with Gasteiger partial charge in [-0.3, -0.25) is 4.90 Å². The SMILES string of the molecule is COc1ccc(CNC2CCCCC2)c(OCC(O)CN2CCN(C)CC2)c1. The Morgan fingerprint density at radius 1 is 1.14 bits per heavy atom. The van der Waals surface area contributed by atoms with Crippen molar-refractivity contribution in [2.45, 2.75) is 50.8 Å². The molecule has 158 valence electrons. The average molecular weight is 392 g/mol. The van der Waals surface area contributed by atoms with E-state index in [1.54, 1.807) is 7.11 Å². The zero-order valence-corrected chi connectivity index (χ0v) is 17.5. The van der Waals surface area contributed by atoms with E-state index in [1.165, 1.54) is 32.1 Å². The number of rotatable bonds is 9. The number of hydrogen-bond acceptors (Lipinski definition) is 6. The van der Waals surface area contributed by atoms with Crippen molar-refractivity contribution in [1.29, 1.82) is 0 Å². The van der Waals surface area contributed by atoms with Crippen molar-refractivity contribution >= 4 is 0 Å². The standard InChI is InChI=1S/C22H37N3O3/c1-24-10-12-25(13-11-24)16-20(26)17-28-22-14-21(27-2)9-8-18(22)15-23-19-6-4-3-5-7-19/h8-9,14,19-20,23,26H,3-7,10-13,15-17H2,1-2H3. The van der Waals surface area contributed by atoms with E-state index < -0.39 is 6.10 Å². The van der Waals surface area contributed by atoms with Gasteiger partial charge in [-0.1, -0.05) is 25.3 Å². The Morgan fingerprint density at radius 2 is 1.89 bits per heavy atom. The lowest BCUT2D eigenvalue weighted by Crippen LogP contribution is -2.47. The van der Waals surface area contributed by atoms with Gasteiger partial charge in [-0.25, -0.2) is 0 Å². The largest absolute Gasteiger partial charge is 0.497 e. The Morgan fingerprint density at radius 3 is 2.61 bits per heavy atom. The summed E-state index contributed by atoms with van der Waals surface area (Å²) in [5.74, 6) is 1.59. The molecule has 1 heterocycles. The highest BCUT2D eigenvalue weighted by Gasteiger charge is 2.18. The van der Waals surface area contributed by atoms with Crippen LogP contribution in [0.15, 0.2) is 18.2 Å². The smallest absolute Gasteiger partial charge is 0.127 e. The molecular formula is C22H37N3O3. The van der Waals surface area contributed by atoms with Crippen LogP contribution in [-0.4, -0.2) is 80.5 Å². The molecule has 2 aliphatic rings. The molecule has 1 aromatic carbocycles. The monoisotopic (exact) mass is 391 g/mol. The predicted octanol–water partition coefficient (Wildman–Crippen LogP) is 2.10. The van der Waals surface area contributed by atoms with Gasteiger partial charge in [-0.2, -0.15) is 0 Å². The number of ether oxygens (including phenoxy) is 2. The van der Waals surface area contributed by atoms with E-state index in [4.69, 9.17) is 9.47 Å². The van der Waals surface area contributed by atoms with Crippen LogP contribution in [0.1, 0.15) is 37.7 Å². The van der Waals surface area contributed by atoms with Crippen molar-refractivity contribution in [2.75, 3.05) is 53.5 Å². The second kappa shape index (κ2) is 11.0. The fourth-order valence-corrected chi connectivity index (χ4v) is 4.07. The minimum Gasteiger partial charge on any atom is -0.497 e. The van der Waals surface area contributed by atoms with E-state index in [-0.39, 0.29) is 0 Å². The number of aliphatic hydroxyl groups excluding tert-OH is 1. The first-order valence-electron chi connectivity index (χ1n) is 10.8. The normalized spacial score (nSPS) is 20.8. The summed E-state index contributed by atoms with van der Waals surface area (Å²) in [5.41, 5.74) is 1.12. The van der Waals surface area contributed by atoms with E-state index in [2.05, 4.69) is 28.2 Å². The lowest BCUT2D eigenvalue weighted by atomic mass is 9.95. The van der Waals surface area contributed by atoms with Gasteiger partial charge in [-0.05, 0) is 26.0 Å². The molecule has 0 radical (unpaired) electrons. The molecule has 1 aliphatic heterocycles. The third kappa shape index (κ3) is 6.62. The third-order valence-corrected chi connectivity index (χ3v) is 5.96. The summed E-state index contributed by atoms with van der Waals surface area (Å²) in [5, 5.41) is 14.1. The number of benzene rings is 1. The topological polar surface area (TPSA) is 57.2 Å². The molecule has 6 nitrogen and oxygen atoms in total. The van der Waals surface area contributed by atoms with Gasteiger partial charge < -0.3 is 24.8 Å². The highest BCUT2D eigenvalue weighted by atomic mass is 16.5. The molecule has 0 aromatic heterocycles. The number of nitrogens with one attached hydrogen (secondary N) is 1. The molecule has 0 amide bonds. The number of likely N-dealkylation sites (N-methyl/N-ethyl adjacent to an activating group) is 1. The van der Waals surface area contributed by atoms with Gasteiger partial charge in [0, 0.05) is 56.9 Å². The van der Waals surface area contributed by atoms with Gasteiger partial charge in [0.05, 0.1) is 7.11 Å². The lowest BCUT2D eigenvalue weighted by Gasteiger charge is -2.33. The summed E-state index contributed by atoms with van der Waals surface area (Å²) < 4.78 is 11.4. The molecule has 2 fully saturated rings. The van der Waals surface area contributed by atoms with E-state index in [9.17, 15) is 5.11 Å². The molecular weight excluding hydrogens is 354 g/mol. The van der Waals surface area contributed by atoms with Gasteiger partial charge in [0.15, 0.2) is 0 Å². The molecule has 1 saturated carbocycles. The molecule has 1 atom stereocenters. The van der Waals surface area contributed by atoms with Crippen LogP contribution in [0.5, 0.6) is 11.5 Å². The minimum absolute atomic E-state index is 0.302. The van der Waals surface area contributed by atoms with E-state index in [0.717, 1.165) is 49.8 Å². The van der Waals surface area contributed by atoms with Crippen LogP contribution < -0.4 is 14.8 Å². The maximum absolute atomic E-state index is 10.5. The molecule has 0 bridgehead atoms. The lowest BCUT2D eigenvalue weighted by molar-refractivity contribution is 0.0501. The van der Waals surface area contributed by atoms with Gasteiger partial charge in [0.2, 0.25) is 0 Å². The predicted molar refractivity (Wildman–Crippen MR) is 112 cm³/mol. The van der Waals surface area contributed by atoms with Gasteiger partial charge >= 0.3 is 0 Å². The zero-order chi connectivity index (χ0) is 19.8.